The summed E-state index contributed by atoms with van der Waals surface area (Å²) in [7, 11) is 0. The van der Waals surface area contributed by atoms with Gasteiger partial charge in [-0.1, -0.05) is 25.1 Å². The maximum Gasteiger partial charge on any atom is 0.122 e. The highest BCUT2D eigenvalue weighted by atomic mass is 16.5. The summed E-state index contributed by atoms with van der Waals surface area (Å²) < 4.78 is 5.69. The van der Waals surface area contributed by atoms with Gasteiger partial charge in [0.05, 0.1) is 0 Å². The van der Waals surface area contributed by atoms with E-state index in [-0.39, 0.29) is 0 Å². The van der Waals surface area contributed by atoms with Gasteiger partial charge in [0.25, 0.3) is 0 Å². The van der Waals surface area contributed by atoms with E-state index in [9.17, 15) is 5.11 Å². The summed E-state index contributed by atoms with van der Waals surface area (Å²) in [5.74, 6) is 1.62. The second-order valence-electron chi connectivity index (χ2n) is 5.74. The lowest BCUT2D eigenvalue weighted by Crippen LogP contribution is -2.41. The lowest BCUT2D eigenvalue weighted by Gasteiger charge is -2.32. The SMILES string of the molecule is Cc1ccccc1OCC(O)CN1CCCC(C)C1. The highest BCUT2D eigenvalue weighted by Gasteiger charge is 2.19. The van der Waals surface area contributed by atoms with E-state index in [0.29, 0.717) is 6.61 Å². The van der Waals surface area contributed by atoms with Gasteiger partial charge in [0, 0.05) is 13.1 Å². The number of rotatable bonds is 5. The first kappa shape index (κ1) is 14.4. The van der Waals surface area contributed by atoms with Crippen LogP contribution in [-0.2, 0) is 0 Å². The number of likely N-dealkylation sites (tertiary alicyclic amines) is 1. The molecule has 2 rings (SSSR count). The van der Waals surface area contributed by atoms with Crippen LogP contribution >= 0.6 is 0 Å². The smallest absolute Gasteiger partial charge is 0.122 e. The molecule has 2 atom stereocenters. The van der Waals surface area contributed by atoms with E-state index in [1.54, 1.807) is 0 Å². The molecule has 0 amide bonds. The van der Waals surface area contributed by atoms with E-state index in [1.165, 1.54) is 12.8 Å². The Morgan fingerprint density at radius 2 is 2.21 bits per heavy atom. The molecule has 1 N–H and O–H groups in total. The fourth-order valence-electron chi connectivity index (χ4n) is 2.71. The first-order chi connectivity index (χ1) is 9.15. The number of piperidine rings is 1. The Morgan fingerprint density at radius 3 is 2.95 bits per heavy atom. The summed E-state index contributed by atoms with van der Waals surface area (Å²) in [5.41, 5.74) is 1.11. The Labute approximate surface area is 116 Å². The number of aliphatic hydroxyl groups excluding tert-OH is 1. The number of hydrogen-bond acceptors (Lipinski definition) is 3. The monoisotopic (exact) mass is 263 g/mol. The molecule has 1 aliphatic heterocycles. The minimum atomic E-state index is -0.412. The highest BCUT2D eigenvalue weighted by Crippen LogP contribution is 2.18. The molecule has 2 unspecified atom stereocenters. The van der Waals surface area contributed by atoms with Gasteiger partial charge in [-0.05, 0) is 43.9 Å². The van der Waals surface area contributed by atoms with Crippen LogP contribution in [-0.4, -0.2) is 42.4 Å². The number of β-amino-alcohol motifs (C(OH)–C–C–N with tert-alkyl or cyclic N) is 1. The average molecular weight is 263 g/mol. The van der Waals surface area contributed by atoms with Crippen LogP contribution in [0.15, 0.2) is 24.3 Å². The maximum atomic E-state index is 10.1. The van der Waals surface area contributed by atoms with Crippen molar-refractivity contribution in [2.45, 2.75) is 32.8 Å². The second-order valence-corrected chi connectivity index (χ2v) is 5.74. The van der Waals surface area contributed by atoms with Crippen LogP contribution in [0.3, 0.4) is 0 Å². The average Bonchev–Trinajstić information content (AvgIpc) is 2.38. The zero-order chi connectivity index (χ0) is 13.7. The van der Waals surface area contributed by atoms with E-state index in [4.69, 9.17) is 4.74 Å². The lowest BCUT2D eigenvalue weighted by molar-refractivity contribution is 0.0535. The summed E-state index contributed by atoms with van der Waals surface area (Å²) in [5, 5.41) is 10.1. The van der Waals surface area contributed by atoms with E-state index < -0.39 is 6.10 Å². The molecule has 0 radical (unpaired) electrons. The van der Waals surface area contributed by atoms with Crippen molar-refractivity contribution >= 4 is 0 Å². The molecule has 0 aromatic heterocycles. The fraction of sp³-hybridized carbons (Fsp3) is 0.625. The molecular formula is C16H25NO2. The van der Waals surface area contributed by atoms with Gasteiger partial charge < -0.3 is 14.7 Å². The number of para-hydroxylation sites is 1. The van der Waals surface area contributed by atoms with E-state index in [0.717, 1.165) is 36.9 Å². The molecular weight excluding hydrogens is 238 g/mol. The van der Waals surface area contributed by atoms with Crippen molar-refractivity contribution < 1.29 is 9.84 Å². The topological polar surface area (TPSA) is 32.7 Å². The number of ether oxygens (including phenoxy) is 1. The Bertz CT molecular complexity index is 394. The molecule has 1 aromatic rings. The first-order valence-corrected chi connectivity index (χ1v) is 7.24. The zero-order valence-electron chi connectivity index (χ0n) is 12.0. The zero-order valence-corrected chi connectivity index (χ0v) is 12.0. The molecule has 3 heteroatoms. The Kier molecular flexibility index (Phi) is 5.23. The number of hydrogen-bond donors (Lipinski definition) is 1. The highest BCUT2D eigenvalue weighted by molar-refractivity contribution is 5.31. The molecule has 1 aromatic carbocycles. The van der Waals surface area contributed by atoms with Crippen LogP contribution in [0.4, 0.5) is 0 Å². The van der Waals surface area contributed by atoms with Crippen molar-refractivity contribution in [3.63, 3.8) is 0 Å². The molecule has 3 nitrogen and oxygen atoms in total. The van der Waals surface area contributed by atoms with Crippen molar-refractivity contribution in [3.05, 3.63) is 29.8 Å². The third-order valence-electron chi connectivity index (χ3n) is 3.73. The van der Waals surface area contributed by atoms with Gasteiger partial charge in [0.15, 0.2) is 0 Å². The second kappa shape index (κ2) is 6.92. The predicted molar refractivity (Wildman–Crippen MR) is 77.5 cm³/mol. The molecule has 1 aliphatic rings. The maximum absolute atomic E-state index is 10.1. The molecule has 0 spiro atoms. The van der Waals surface area contributed by atoms with Gasteiger partial charge in [-0.15, -0.1) is 0 Å². The predicted octanol–water partition coefficient (Wildman–Crippen LogP) is 2.47. The summed E-state index contributed by atoms with van der Waals surface area (Å²) in [6, 6.07) is 7.92. The van der Waals surface area contributed by atoms with Gasteiger partial charge >= 0.3 is 0 Å². The van der Waals surface area contributed by atoms with Crippen molar-refractivity contribution in [3.8, 4) is 5.75 Å². The summed E-state index contributed by atoms with van der Waals surface area (Å²) in [4.78, 5) is 2.35. The van der Waals surface area contributed by atoms with Crippen LogP contribution in [0.25, 0.3) is 0 Å². The summed E-state index contributed by atoms with van der Waals surface area (Å²) >= 11 is 0. The van der Waals surface area contributed by atoms with Gasteiger partial charge in [-0.2, -0.15) is 0 Å². The van der Waals surface area contributed by atoms with Crippen molar-refractivity contribution in [1.82, 2.24) is 4.90 Å². The van der Waals surface area contributed by atoms with Gasteiger partial charge in [-0.3, -0.25) is 0 Å². The third kappa shape index (κ3) is 4.51. The minimum Gasteiger partial charge on any atom is -0.491 e. The molecule has 0 aliphatic carbocycles. The van der Waals surface area contributed by atoms with Crippen molar-refractivity contribution in [2.24, 2.45) is 5.92 Å². The summed E-state index contributed by atoms with van der Waals surface area (Å²) in [6.45, 7) is 7.59. The van der Waals surface area contributed by atoms with Gasteiger partial charge in [0.1, 0.15) is 18.5 Å². The largest absolute Gasteiger partial charge is 0.491 e. The van der Waals surface area contributed by atoms with E-state index in [1.807, 2.05) is 31.2 Å². The van der Waals surface area contributed by atoms with Crippen LogP contribution in [0, 0.1) is 12.8 Å². The molecule has 106 valence electrons. The lowest BCUT2D eigenvalue weighted by atomic mass is 10.0. The number of benzene rings is 1. The Balaban J connectivity index is 1.75. The standard InChI is InChI=1S/C16H25NO2/c1-13-6-5-9-17(10-13)11-15(18)12-19-16-8-4-3-7-14(16)2/h3-4,7-8,13,15,18H,5-6,9-12H2,1-2H3. The van der Waals surface area contributed by atoms with E-state index >= 15 is 0 Å². The van der Waals surface area contributed by atoms with E-state index in [2.05, 4.69) is 11.8 Å². The molecule has 1 fully saturated rings. The third-order valence-corrected chi connectivity index (χ3v) is 3.73. The van der Waals surface area contributed by atoms with Gasteiger partial charge in [-0.25, -0.2) is 0 Å². The molecule has 1 heterocycles. The van der Waals surface area contributed by atoms with Crippen LogP contribution in [0.2, 0.25) is 0 Å². The normalized spacial score (nSPS) is 22.2. The molecule has 0 saturated carbocycles. The van der Waals surface area contributed by atoms with Crippen LogP contribution in [0.1, 0.15) is 25.3 Å². The van der Waals surface area contributed by atoms with Gasteiger partial charge in [0.2, 0.25) is 0 Å². The number of nitrogens with zero attached hydrogens (tertiary/aromatic N) is 1. The Morgan fingerprint density at radius 1 is 1.42 bits per heavy atom. The summed E-state index contributed by atoms with van der Waals surface area (Å²) in [6.07, 6.45) is 2.14. The first-order valence-electron chi connectivity index (χ1n) is 7.24. The quantitative estimate of drug-likeness (QED) is 0.886. The number of aryl methyl sites for hydroxylation is 1. The van der Waals surface area contributed by atoms with Crippen molar-refractivity contribution in [2.75, 3.05) is 26.2 Å². The van der Waals surface area contributed by atoms with Crippen LogP contribution in [0.5, 0.6) is 5.75 Å². The Hall–Kier alpha value is -1.06. The van der Waals surface area contributed by atoms with Crippen LogP contribution < -0.4 is 4.74 Å². The minimum absolute atomic E-state index is 0.371. The molecule has 19 heavy (non-hydrogen) atoms. The molecule has 1 saturated heterocycles. The van der Waals surface area contributed by atoms with Crippen molar-refractivity contribution in [1.29, 1.82) is 0 Å². The number of aliphatic hydroxyl groups is 1. The molecule has 0 bridgehead atoms. The fourth-order valence-corrected chi connectivity index (χ4v) is 2.71.